The van der Waals surface area contributed by atoms with Crippen molar-refractivity contribution in [2.45, 2.75) is 19.1 Å². The van der Waals surface area contributed by atoms with Crippen molar-refractivity contribution in [3.63, 3.8) is 0 Å². The molecule has 0 aliphatic carbocycles. The van der Waals surface area contributed by atoms with E-state index in [1.165, 1.54) is 12.1 Å². The van der Waals surface area contributed by atoms with Crippen molar-refractivity contribution in [3.05, 3.63) is 34.9 Å². The largest absolute Gasteiger partial charge is 0.417 e. The van der Waals surface area contributed by atoms with Crippen LogP contribution in [0.15, 0.2) is 18.2 Å². The molecule has 18 heavy (non-hydrogen) atoms. The summed E-state index contributed by atoms with van der Waals surface area (Å²) in [5.74, 6) is 4.54. The Bertz CT molecular complexity index is 461. The summed E-state index contributed by atoms with van der Waals surface area (Å²) in [6.45, 7) is 1.09. The van der Waals surface area contributed by atoms with E-state index in [1.54, 1.807) is 6.92 Å². The van der Waals surface area contributed by atoms with Crippen LogP contribution in [-0.4, -0.2) is 11.7 Å². The van der Waals surface area contributed by atoms with E-state index >= 15 is 0 Å². The molecule has 0 fully saturated rings. The van der Waals surface area contributed by atoms with Gasteiger partial charge in [-0.2, -0.15) is 13.2 Å². The van der Waals surface area contributed by atoms with Gasteiger partial charge in [0.15, 0.2) is 0 Å². The smallest absolute Gasteiger partial charge is 0.384 e. The molecular formula is C12H13ClF3NO. The van der Waals surface area contributed by atoms with Crippen LogP contribution < -0.4 is 5.73 Å². The molecule has 0 amide bonds. The average Bonchev–Trinajstić information content (AvgIpc) is 2.24. The minimum Gasteiger partial charge on any atom is -0.384 e. The lowest BCUT2D eigenvalue weighted by Crippen LogP contribution is -2.14. The molecule has 6 heteroatoms. The summed E-state index contributed by atoms with van der Waals surface area (Å²) in [4.78, 5) is 0. The Kier molecular flexibility index (Phi) is 6.19. The van der Waals surface area contributed by atoms with E-state index in [0.717, 1.165) is 6.07 Å². The predicted molar refractivity (Wildman–Crippen MR) is 65.3 cm³/mol. The Balaban J connectivity index is 0.00000289. The number of hydrogen-bond donors (Lipinski definition) is 2. The van der Waals surface area contributed by atoms with Gasteiger partial charge in [-0.05, 0) is 18.6 Å². The van der Waals surface area contributed by atoms with Gasteiger partial charge >= 0.3 is 6.18 Å². The molecule has 1 rings (SSSR count). The molecule has 1 atom stereocenters. The number of benzene rings is 1. The van der Waals surface area contributed by atoms with Crippen molar-refractivity contribution in [1.29, 1.82) is 0 Å². The van der Waals surface area contributed by atoms with Gasteiger partial charge in [0.1, 0.15) is 6.61 Å². The molecule has 1 aromatic rings. The van der Waals surface area contributed by atoms with Gasteiger partial charge in [0.2, 0.25) is 0 Å². The highest BCUT2D eigenvalue weighted by molar-refractivity contribution is 5.85. The van der Waals surface area contributed by atoms with E-state index in [9.17, 15) is 13.2 Å². The Morgan fingerprint density at radius 2 is 2.00 bits per heavy atom. The fourth-order valence-electron chi connectivity index (χ4n) is 1.45. The highest BCUT2D eigenvalue weighted by Crippen LogP contribution is 2.34. The van der Waals surface area contributed by atoms with Crippen LogP contribution in [0.5, 0.6) is 0 Å². The summed E-state index contributed by atoms with van der Waals surface area (Å²) >= 11 is 0. The van der Waals surface area contributed by atoms with Crippen molar-refractivity contribution in [2.75, 3.05) is 6.61 Å². The quantitative estimate of drug-likeness (QED) is 0.776. The molecule has 0 aromatic heterocycles. The third kappa shape index (κ3) is 3.91. The maximum Gasteiger partial charge on any atom is 0.417 e. The first-order chi connectivity index (χ1) is 7.88. The predicted octanol–water partition coefficient (Wildman–Crippen LogP) is 2.49. The number of hydrogen-bond acceptors (Lipinski definition) is 2. The first-order valence-corrected chi connectivity index (χ1v) is 4.93. The first-order valence-electron chi connectivity index (χ1n) is 4.93. The monoisotopic (exact) mass is 279 g/mol. The summed E-state index contributed by atoms with van der Waals surface area (Å²) in [6, 6.07) is 3.19. The normalized spacial score (nSPS) is 12.1. The summed E-state index contributed by atoms with van der Waals surface area (Å²) in [7, 11) is 0. The molecule has 0 aliphatic heterocycles. The zero-order chi connectivity index (χ0) is 13.1. The van der Waals surface area contributed by atoms with Gasteiger partial charge in [0, 0.05) is 11.6 Å². The summed E-state index contributed by atoms with van der Waals surface area (Å²) in [6.07, 6.45) is -4.48. The van der Waals surface area contributed by atoms with E-state index < -0.39 is 24.4 Å². The van der Waals surface area contributed by atoms with Gasteiger partial charge in [-0.25, -0.2) is 0 Å². The molecule has 0 bridgehead atoms. The first kappa shape index (κ1) is 16.8. The highest BCUT2D eigenvalue weighted by Gasteiger charge is 2.34. The molecule has 0 unspecified atom stereocenters. The van der Waals surface area contributed by atoms with E-state index in [1.807, 2.05) is 0 Å². The number of nitrogens with two attached hydrogens (primary N) is 1. The van der Waals surface area contributed by atoms with E-state index in [2.05, 4.69) is 11.8 Å². The fraction of sp³-hybridized carbons (Fsp3) is 0.333. The lowest BCUT2D eigenvalue weighted by Gasteiger charge is -2.15. The fourth-order valence-corrected chi connectivity index (χ4v) is 1.45. The lowest BCUT2D eigenvalue weighted by molar-refractivity contribution is -0.137. The molecule has 0 aliphatic rings. The van der Waals surface area contributed by atoms with Crippen LogP contribution >= 0.6 is 12.4 Å². The van der Waals surface area contributed by atoms with Crippen LogP contribution in [0.3, 0.4) is 0 Å². The number of aliphatic hydroxyl groups excluding tert-OH is 1. The zero-order valence-electron chi connectivity index (χ0n) is 9.58. The molecule has 1 aromatic carbocycles. The van der Waals surface area contributed by atoms with Crippen molar-refractivity contribution in [2.24, 2.45) is 5.73 Å². The maximum atomic E-state index is 12.7. The van der Waals surface area contributed by atoms with Crippen molar-refractivity contribution in [1.82, 2.24) is 0 Å². The van der Waals surface area contributed by atoms with Crippen LogP contribution in [0.2, 0.25) is 0 Å². The number of rotatable bonds is 1. The highest BCUT2D eigenvalue weighted by atomic mass is 35.5. The van der Waals surface area contributed by atoms with E-state index in [4.69, 9.17) is 10.8 Å². The second-order valence-corrected chi connectivity index (χ2v) is 3.52. The molecular weight excluding hydrogens is 267 g/mol. The lowest BCUT2D eigenvalue weighted by atomic mass is 9.97. The second-order valence-electron chi connectivity index (χ2n) is 3.52. The second kappa shape index (κ2) is 6.64. The van der Waals surface area contributed by atoms with Gasteiger partial charge < -0.3 is 10.8 Å². The third-order valence-corrected chi connectivity index (χ3v) is 2.19. The Labute approximate surface area is 109 Å². The molecule has 2 nitrogen and oxygen atoms in total. The zero-order valence-corrected chi connectivity index (χ0v) is 10.4. The number of halogens is 4. The molecule has 0 heterocycles. The average molecular weight is 280 g/mol. The van der Waals surface area contributed by atoms with Crippen LogP contribution in [0.4, 0.5) is 13.2 Å². The Morgan fingerprint density at radius 3 is 2.44 bits per heavy atom. The minimum absolute atomic E-state index is 0. The summed E-state index contributed by atoms with van der Waals surface area (Å²) < 4.78 is 38.2. The van der Waals surface area contributed by atoms with Gasteiger partial charge in [0.25, 0.3) is 0 Å². The van der Waals surface area contributed by atoms with Crippen LogP contribution in [-0.2, 0) is 6.18 Å². The maximum absolute atomic E-state index is 12.7. The van der Waals surface area contributed by atoms with Gasteiger partial charge in [-0.1, -0.05) is 24.0 Å². The summed E-state index contributed by atoms with van der Waals surface area (Å²) in [5, 5.41) is 8.56. The van der Waals surface area contributed by atoms with Gasteiger partial charge in [-0.15, -0.1) is 12.4 Å². The van der Waals surface area contributed by atoms with E-state index in [0.29, 0.717) is 5.56 Å². The van der Waals surface area contributed by atoms with Crippen LogP contribution in [0.25, 0.3) is 0 Å². The van der Waals surface area contributed by atoms with Crippen molar-refractivity contribution < 1.29 is 18.3 Å². The third-order valence-electron chi connectivity index (χ3n) is 2.19. The van der Waals surface area contributed by atoms with Crippen LogP contribution in [0.1, 0.15) is 29.7 Å². The minimum atomic E-state index is -4.48. The molecule has 3 N–H and O–H groups in total. The molecule has 0 saturated heterocycles. The van der Waals surface area contributed by atoms with Crippen molar-refractivity contribution in [3.8, 4) is 11.8 Å². The SMILES string of the molecule is C[C@@H](N)c1cccc(C(F)(F)F)c1C#CCO.Cl. The Hall–Kier alpha value is -1.22. The number of alkyl halides is 3. The molecule has 0 spiro atoms. The van der Waals surface area contributed by atoms with E-state index in [-0.39, 0.29) is 18.0 Å². The molecule has 100 valence electrons. The topological polar surface area (TPSA) is 46.2 Å². The molecule has 0 radical (unpaired) electrons. The molecule has 0 saturated carbocycles. The van der Waals surface area contributed by atoms with Gasteiger partial charge in [-0.3, -0.25) is 0 Å². The van der Waals surface area contributed by atoms with Gasteiger partial charge in [0.05, 0.1) is 5.56 Å². The summed E-state index contributed by atoms with van der Waals surface area (Å²) in [5.41, 5.74) is 4.93. The standard InChI is InChI=1S/C12H12F3NO.ClH/c1-8(16)9-4-2-6-11(12(13,14)15)10(9)5-3-7-17;/h2,4,6,8,17H,7,16H2,1H3;1H/t8-;/m1./s1. The van der Waals surface area contributed by atoms with Crippen LogP contribution in [0, 0.1) is 11.8 Å². The number of aliphatic hydroxyl groups is 1. The van der Waals surface area contributed by atoms with Crippen molar-refractivity contribution >= 4 is 12.4 Å². The Morgan fingerprint density at radius 1 is 1.39 bits per heavy atom.